The molecule has 5 nitrogen and oxygen atoms in total. The van der Waals surface area contributed by atoms with Crippen molar-refractivity contribution in [1.82, 2.24) is 10.6 Å². The Hall–Kier alpha value is -2.69. The third-order valence-electron chi connectivity index (χ3n) is 4.55. The Balaban J connectivity index is 1.59. The van der Waals surface area contributed by atoms with Gasteiger partial charge in [0.25, 0.3) is 0 Å². The molecule has 1 aliphatic rings. The summed E-state index contributed by atoms with van der Waals surface area (Å²) in [6.45, 7) is 5.62. The third kappa shape index (κ3) is 4.91. The summed E-state index contributed by atoms with van der Waals surface area (Å²) >= 11 is 0. The molecule has 0 aromatic heterocycles. The SMILES string of the molecule is CCNC(=NCc1cccc(OC)c1)NC1CCN(c2ccccc2)C1. The Kier molecular flexibility index (Phi) is 6.36. The van der Waals surface area contributed by atoms with Gasteiger partial charge in [-0.25, -0.2) is 4.99 Å². The lowest BCUT2D eigenvalue weighted by atomic mass is 10.2. The van der Waals surface area contributed by atoms with Crippen LogP contribution in [0.15, 0.2) is 59.6 Å². The first-order valence-electron chi connectivity index (χ1n) is 9.26. The zero-order valence-electron chi connectivity index (χ0n) is 15.6. The highest BCUT2D eigenvalue weighted by molar-refractivity contribution is 5.80. The van der Waals surface area contributed by atoms with Gasteiger partial charge < -0.3 is 20.3 Å². The number of hydrogen-bond donors (Lipinski definition) is 2. The maximum Gasteiger partial charge on any atom is 0.191 e. The average Bonchev–Trinajstić information content (AvgIpc) is 3.16. The van der Waals surface area contributed by atoms with E-state index in [1.54, 1.807) is 7.11 Å². The molecule has 0 spiro atoms. The Morgan fingerprint density at radius 1 is 1.19 bits per heavy atom. The van der Waals surface area contributed by atoms with Crippen LogP contribution in [0.5, 0.6) is 5.75 Å². The minimum atomic E-state index is 0.401. The summed E-state index contributed by atoms with van der Waals surface area (Å²) in [5, 5.41) is 6.93. The normalized spacial score (nSPS) is 17.2. The second-order valence-corrected chi connectivity index (χ2v) is 6.46. The maximum absolute atomic E-state index is 5.29. The van der Waals surface area contributed by atoms with Gasteiger partial charge in [-0.3, -0.25) is 0 Å². The molecule has 0 aliphatic carbocycles. The van der Waals surface area contributed by atoms with Crippen molar-refractivity contribution in [1.29, 1.82) is 0 Å². The van der Waals surface area contributed by atoms with Crippen LogP contribution >= 0.6 is 0 Å². The molecule has 2 aromatic rings. The first-order valence-corrected chi connectivity index (χ1v) is 9.26. The number of nitrogens with one attached hydrogen (secondary N) is 2. The fourth-order valence-electron chi connectivity index (χ4n) is 3.21. The molecular weight excluding hydrogens is 324 g/mol. The summed E-state index contributed by atoms with van der Waals surface area (Å²) < 4.78 is 5.29. The lowest BCUT2D eigenvalue weighted by Gasteiger charge is -2.20. The number of ether oxygens (including phenoxy) is 1. The van der Waals surface area contributed by atoms with E-state index in [-0.39, 0.29) is 0 Å². The molecule has 0 radical (unpaired) electrons. The van der Waals surface area contributed by atoms with E-state index < -0.39 is 0 Å². The minimum absolute atomic E-state index is 0.401. The number of para-hydroxylation sites is 1. The van der Waals surface area contributed by atoms with Crippen molar-refractivity contribution < 1.29 is 4.74 Å². The zero-order valence-corrected chi connectivity index (χ0v) is 15.6. The van der Waals surface area contributed by atoms with Gasteiger partial charge in [0.2, 0.25) is 0 Å². The molecule has 1 aliphatic heterocycles. The minimum Gasteiger partial charge on any atom is -0.497 e. The maximum atomic E-state index is 5.29. The summed E-state index contributed by atoms with van der Waals surface area (Å²) in [7, 11) is 1.69. The van der Waals surface area contributed by atoms with Gasteiger partial charge in [-0.2, -0.15) is 0 Å². The molecule has 5 heteroatoms. The molecule has 138 valence electrons. The molecular formula is C21H28N4O. The molecule has 26 heavy (non-hydrogen) atoms. The standard InChI is InChI=1S/C21H28N4O/c1-3-22-21(23-15-17-8-7-11-20(14-17)26-2)24-18-12-13-25(16-18)19-9-5-4-6-10-19/h4-11,14,18H,3,12-13,15-16H2,1-2H3,(H2,22,23,24). The van der Waals surface area contributed by atoms with Crippen LogP contribution in [-0.4, -0.2) is 38.7 Å². The monoisotopic (exact) mass is 352 g/mol. The van der Waals surface area contributed by atoms with Crippen LogP contribution in [-0.2, 0) is 6.54 Å². The number of benzene rings is 2. The Morgan fingerprint density at radius 3 is 2.81 bits per heavy atom. The topological polar surface area (TPSA) is 48.9 Å². The molecule has 1 heterocycles. The number of aliphatic imine (C=N–C) groups is 1. The smallest absolute Gasteiger partial charge is 0.191 e. The quantitative estimate of drug-likeness (QED) is 0.620. The summed E-state index contributed by atoms with van der Waals surface area (Å²) in [6.07, 6.45) is 1.11. The van der Waals surface area contributed by atoms with Crippen LogP contribution in [0.1, 0.15) is 18.9 Å². The fourth-order valence-corrected chi connectivity index (χ4v) is 3.21. The van der Waals surface area contributed by atoms with Gasteiger partial charge in [0.05, 0.1) is 13.7 Å². The van der Waals surface area contributed by atoms with Crippen molar-refractivity contribution in [2.75, 3.05) is 31.6 Å². The molecule has 1 atom stereocenters. The van der Waals surface area contributed by atoms with Crippen LogP contribution in [0.25, 0.3) is 0 Å². The van der Waals surface area contributed by atoms with E-state index >= 15 is 0 Å². The predicted octanol–water partition coefficient (Wildman–Crippen LogP) is 3.03. The van der Waals surface area contributed by atoms with Crippen LogP contribution in [0, 0.1) is 0 Å². The molecule has 3 rings (SSSR count). The van der Waals surface area contributed by atoms with E-state index in [1.807, 2.05) is 18.2 Å². The Morgan fingerprint density at radius 2 is 2.04 bits per heavy atom. The summed E-state index contributed by atoms with van der Waals surface area (Å²) in [6, 6.07) is 19.0. The summed E-state index contributed by atoms with van der Waals surface area (Å²) in [4.78, 5) is 7.16. The van der Waals surface area contributed by atoms with Crippen molar-refractivity contribution in [3.05, 3.63) is 60.2 Å². The van der Waals surface area contributed by atoms with Gasteiger partial charge in [-0.15, -0.1) is 0 Å². The second-order valence-electron chi connectivity index (χ2n) is 6.46. The van der Waals surface area contributed by atoms with E-state index in [4.69, 9.17) is 9.73 Å². The van der Waals surface area contributed by atoms with Gasteiger partial charge in [0.15, 0.2) is 5.96 Å². The van der Waals surface area contributed by atoms with Gasteiger partial charge in [0.1, 0.15) is 5.75 Å². The predicted molar refractivity (Wildman–Crippen MR) is 108 cm³/mol. The lowest BCUT2D eigenvalue weighted by molar-refractivity contribution is 0.414. The molecule has 0 amide bonds. The first-order chi connectivity index (χ1) is 12.8. The largest absolute Gasteiger partial charge is 0.497 e. The Labute approximate surface area is 156 Å². The Bertz CT molecular complexity index is 717. The highest BCUT2D eigenvalue weighted by Gasteiger charge is 2.23. The van der Waals surface area contributed by atoms with Crippen LogP contribution in [0.2, 0.25) is 0 Å². The van der Waals surface area contributed by atoms with E-state index in [9.17, 15) is 0 Å². The van der Waals surface area contributed by atoms with E-state index in [1.165, 1.54) is 5.69 Å². The zero-order chi connectivity index (χ0) is 18.2. The molecule has 0 saturated carbocycles. The second kappa shape index (κ2) is 9.13. The summed E-state index contributed by atoms with van der Waals surface area (Å²) in [5.41, 5.74) is 2.43. The number of anilines is 1. The molecule has 2 aromatic carbocycles. The number of rotatable bonds is 6. The van der Waals surface area contributed by atoms with Crippen molar-refractivity contribution in [2.24, 2.45) is 4.99 Å². The molecule has 2 N–H and O–H groups in total. The number of hydrogen-bond acceptors (Lipinski definition) is 3. The van der Waals surface area contributed by atoms with Crippen LogP contribution in [0.4, 0.5) is 5.69 Å². The van der Waals surface area contributed by atoms with E-state index in [0.717, 1.165) is 43.3 Å². The highest BCUT2D eigenvalue weighted by atomic mass is 16.5. The van der Waals surface area contributed by atoms with E-state index in [0.29, 0.717) is 12.6 Å². The highest BCUT2D eigenvalue weighted by Crippen LogP contribution is 2.19. The van der Waals surface area contributed by atoms with Crippen molar-refractivity contribution in [2.45, 2.75) is 25.9 Å². The molecule has 1 fully saturated rings. The molecule has 1 saturated heterocycles. The first kappa shape index (κ1) is 18.1. The van der Waals surface area contributed by atoms with Gasteiger partial charge >= 0.3 is 0 Å². The van der Waals surface area contributed by atoms with Crippen molar-refractivity contribution in [3.8, 4) is 5.75 Å². The number of nitrogens with zero attached hydrogens (tertiary/aromatic N) is 2. The lowest BCUT2D eigenvalue weighted by Crippen LogP contribution is -2.44. The van der Waals surface area contributed by atoms with Crippen LogP contribution < -0.4 is 20.3 Å². The molecule has 1 unspecified atom stereocenters. The average molecular weight is 352 g/mol. The summed E-state index contributed by atoms with van der Waals surface area (Å²) in [5.74, 6) is 1.74. The fraction of sp³-hybridized carbons (Fsp3) is 0.381. The van der Waals surface area contributed by atoms with Gasteiger partial charge in [-0.05, 0) is 43.2 Å². The number of methoxy groups -OCH3 is 1. The third-order valence-corrected chi connectivity index (χ3v) is 4.55. The van der Waals surface area contributed by atoms with E-state index in [2.05, 4.69) is 58.9 Å². The van der Waals surface area contributed by atoms with Gasteiger partial charge in [-0.1, -0.05) is 30.3 Å². The molecule has 0 bridgehead atoms. The van der Waals surface area contributed by atoms with Crippen molar-refractivity contribution in [3.63, 3.8) is 0 Å². The van der Waals surface area contributed by atoms with Crippen LogP contribution in [0.3, 0.4) is 0 Å². The number of guanidine groups is 1. The van der Waals surface area contributed by atoms with Gasteiger partial charge in [0, 0.05) is 31.4 Å². The van der Waals surface area contributed by atoms with Crippen molar-refractivity contribution >= 4 is 11.6 Å².